The summed E-state index contributed by atoms with van der Waals surface area (Å²) < 4.78 is 0. The van der Waals surface area contributed by atoms with Gasteiger partial charge in [-0.2, -0.15) is 0 Å². The third-order valence-corrected chi connectivity index (χ3v) is 3.41. The molecule has 0 saturated carbocycles. The van der Waals surface area contributed by atoms with Crippen LogP contribution in [-0.4, -0.2) is 23.0 Å². The Labute approximate surface area is 133 Å². The smallest absolute Gasteiger partial charge is 0.195 e. The largest absolute Gasteiger partial charge is 0.384 e. The van der Waals surface area contributed by atoms with Gasteiger partial charge >= 0.3 is 0 Å². The number of carbonyl (C=O) groups excluding carboxylic acids is 1. The molecule has 2 rings (SSSR count). The van der Waals surface area contributed by atoms with Crippen molar-refractivity contribution >= 4 is 34.7 Å². The highest BCUT2D eigenvalue weighted by atomic mass is 35.5. The zero-order valence-electron chi connectivity index (χ0n) is 11.2. The van der Waals surface area contributed by atoms with Crippen molar-refractivity contribution in [3.8, 4) is 0 Å². The predicted molar refractivity (Wildman–Crippen MR) is 86.3 cm³/mol. The molecule has 0 radical (unpaired) electrons. The standard InChI is InChI=1S/C16H15Cl2NO2/c17-12-6-7-14(19-9-8-15(18)20)13(10-12)16(21)11-4-2-1-3-5-11/h1-7,10,15,19-20H,8-9H2. The average molecular weight is 324 g/mol. The number of benzene rings is 2. The molecule has 1 unspecified atom stereocenters. The first-order chi connectivity index (χ1) is 10.1. The van der Waals surface area contributed by atoms with Crippen LogP contribution in [0.4, 0.5) is 5.69 Å². The van der Waals surface area contributed by atoms with Crippen LogP contribution in [0, 0.1) is 0 Å². The lowest BCUT2D eigenvalue weighted by Crippen LogP contribution is -2.12. The van der Waals surface area contributed by atoms with E-state index in [0.717, 1.165) is 0 Å². The first kappa shape index (κ1) is 15.8. The number of anilines is 1. The van der Waals surface area contributed by atoms with E-state index in [1.54, 1.807) is 30.3 Å². The van der Waals surface area contributed by atoms with Gasteiger partial charge in [0.15, 0.2) is 5.78 Å². The Balaban J connectivity index is 2.25. The minimum absolute atomic E-state index is 0.105. The van der Waals surface area contributed by atoms with E-state index in [1.165, 1.54) is 0 Å². The monoisotopic (exact) mass is 323 g/mol. The number of carbonyl (C=O) groups is 1. The van der Waals surface area contributed by atoms with E-state index in [2.05, 4.69) is 5.32 Å². The van der Waals surface area contributed by atoms with Gasteiger partial charge in [-0.3, -0.25) is 4.79 Å². The minimum atomic E-state index is -0.905. The number of rotatable bonds is 6. The van der Waals surface area contributed by atoms with Crippen LogP contribution < -0.4 is 5.32 Å². The third kappa shape index (κ3) is 4.46. The molecule has 3 nitrogen and oxygen atoms in total. The van der Waals surface area contributed by atoms with Crippen molar-refractivity contribution in [2.45, 2.75) is 12.0 Å². The number of hydrogen-bond donors (Lipinski definition) is 2. The second-order valence-electron chi connectivity index (χ2n) is 4.53. The SMILES string of the molecule is O=C(c1ccccc1)c1cc(Cl)ccc1NCCC(O)Cl. The molecule has 0 amide bonds. The zero-order valence-corrected chi connectivity index (χ0v) is 12.7. The number of alkyl halides is 1. The van der Waals surface area contributed by atoms with Crippen molar-refractivity contribution in [2.75, 3.05) is 11.9 Å². The molecule has 0 heterocycles. The Morgan fingerprint density at radius 2 is 1.90 bits per heavy atom. The maximum atomic E-state index is 12.5. The Morgan fingerprint density at radius 1 is 1.19 bits per heavy atom. The van der Waals surface area contributed by atoms with Crippen molar-refractivity contribution in [2.24, 2.45) is 0 Å². The number of nitrogens with one attached hydrogen (secondary N) is 1. The molecule has 0 spiro atoms. The molecule has 1 atom stereocenters. The molecular weight excluding hydrogens is 309 g/mol. The number of aliphatic hydroxyl groups is 1. The summed E-state index contributed by atoms with van der Waals surface area (Å²) in [6.07, 6.45) is 0.378. The number of ketones is 1. The van der Waals surface area contributed by atoms with E-state index < -0.39 is 5.56 Å². The highest BCUT2D eigenvalue weighted by Gasteiger charge is 2.14. The highest BCUT2D eigenvalue weighted by molar-refractivity contribution is 6.31. The Hall–Kier alpha value is -1.55. The third-order valence-electron chi connectivity index (χ3n) is 2.96. The lowest BCUT2D eigenvalue weighted by Gasteiger charge is -2.12. The lowest BCUT2D eigenvalue weighted by molar-refractivity contribution is 0.103. The summed E-state index contributed by atoms with van der Waals surface area (Å²) in [6, 6.07) is 14.1. The van der Waals surface area contributed by atoms with E-state index >= 15 is 0 Å². The van der Waals surface area contributed by atoms with Crippen molar-refractivity contribution < 1.29 is 9.90 Å². The van der Waals surface area contributed by atoms with Gasteiger partial charge in [-0.1, -0.05) is 53.5 Å². The topological polar surface area (TPSA) is 49.3 Å². The van der Waals surface area contributed by atoms with Crippen LogP contribution in [0.5, 0.6) is 0 Å². The Kier molecular flexibility index (Phi) is 5.62. The Bertz CT molecular complexity index is 615. The summed E-state index contributed by atoms with van der Waals surface area (Å²) in [6.45, 7) is 0.460. The predicted octanol–water partition coefficient (Wildman–Crippen LogP) is 3.93. The molecule has 0 fully saturated rings. The molecule has 0 bridgehead atoms. The molecule has 5 heteroatoms. The van der Waals surface area contributed by atoms with E-state index in [4.69, 9.17) is 28.3 Å². The van der Waals surface area contributed by atoms with Gasteiger partial charge in [0.25, 0.3) is 0 Å². The van der Waals surface area contributed by atoms with E-state index in [0.29, 0.717) is 34.8 Å². The molecule has 2 aromatic rings. The van der Waals surface area contributed by atoms with Gasteiger partial charge in [-0.05, 0) is 18.2 Å². The van der Waals surface area contributed by atoms with Gasteiger partial charge in [0.05, 0.1) is 0 Å². The number of hydrogen-bond acceptors (Lipinski definition) is 3. The lowest BCUT2D eigenvalue weighted by atomic mass is 10.0. The van der Waals surface area contributed by atoms with E-state index in [1.807, 2.05) is 18.2 Å². The fourth-order valence-corrected chi connectivity index (χ4v) is 2.21. The second-order valence-corrected chi connectivity index (χ2v) is 5.48. The normalized spacial score (nSPS) is 12.0. The zero-order chi connectivity index (χ0) is 15.2. The summed E-state index contributed by atoms with van der Waals surface area (Å²) in [7, 11) is 0. The molecule has 0 aliphatic rings. The summed E-state index contributed by atoms with van der Waals surface area (Å²) in [5.74, 6) is -0.105. The summed E-state index contributed by atoms with van der Waals surface area (Å²) in [4.78, 5) is 12.5. The van der Waals surface area contributed by atoms with E-state index in [-0.39, 0.29) is 5.78 Å². The molecule has 0 aliphatic carbocycles. The van der Waals surface area contributed by atoms with Gasteiger partial charge in [-0.25, -0.2) is 0 Å². The molecule has 0 aromatic heterocycles. The molecule has 2 aromatic carbocycles. The molecule has 0 saturated heterocycles. The van der Waals surface area contributed by atoms with Gasteiger partial charge in [0.2, 0.25) is 0 Å². The Morgan fingerprint density at radius 3 is 2.57 bits per heavy atom. The van der Waals surface area contributed by atoms with Crippen molar-refractivity contribution in [1.82, 2.24) is 0 Å². The van der Waals surface area contributed by atoms with E-state index in [9.17, 15) is 4.79 Å². The van der Waals surface area contributed by atoms with Crippen LogP contribution in [0.3, 0.4) is 0 Å². The van der Waals surface area contributed by atoms with Gasteiger partial charge in [-0.15, -0.1) is 0 Å². The van der Waals surface area contributed by atoms with Crippen molar-refractivity contribution in [3.63, 3.8) is 0 Å². The summed E-state index contributed by atoms with van der Waals surface area (Å²) in [5.41, 5.74) is 0.863. The average Bonchev–Trinajstić information content (AvgIpc) is 2.48. The maximum absolute atomic E-state index is 12.5. The number of halogens is 2. The molecule has 21 heavy (non-hydrogen) atoms. The van der Waals surface area contributed by atoms with Crippen LogP contribution in [0.1, 0.15) is 22.3 Å². The van der Waals surface area contributed by atoms with Crippen LogP contribution in [0.25, 0.3) is 0 Å². The number of aliphatic hydroxyl groups excluding tert-OH is 1. The summed E-state index contributed by atoms with van der Waals surface area (Å²) in [5, 5.41) is 12.7. The second kappa shape index (κ2) is 7.46. The first-order valence-electron chi connectivity index (χ1n) is 6.53. The molecule has 0 aliphatic heterocycles. The fraction of sp³-hybridized carbons (Fsp3) is 0.188. The molecular formula is C16H15Cl2NO2. The van der Waals surface area contributed by atoms with Crippen LogP contribution >= 0.6 is 23.2 Å². The van der Waals surface area contributed by atoms with Crippen LogP contribution in [0.2, 0.25) is 5.02 Å². The summed E-state index contributed by atoms with van der Waals surface area (Å²) >= 11 is 11.5. The van der Waals surface area contributed by atoms with Gasteiger partial charge in [0, 0.05) is 34.8 Å². The van der Waals surface area contributed by atoms with Gasteiger partial charge < -0.3 is 10.4 Å². The van der Waals surface area contributed by atoms with Crippen LogP contribution in [0.15, 0.2) is 48.5 Å². The van der Waals surface area contributed by atoms with Crippen molar-refractivity contribution in [1.29, 1.82) is 0 Å². The minimum Gasteiger partial charge on any atom is -0.384 e. The van der Waals surface area contributed by atoms with Crippen LogP contribution in [-0.2, 0) is 0 Å². The quantitative estimate of drug-likeness (QED) is 0.625. The maximum Gasteiger partial charge on any atom is 0.195 e. The highest BCUT2D eigenvalue weighted by Crippen LogP contribution is 2.23. The molecule has 110 valence electrons. The van der Waals surface area contributed by atoms with Gasteiger partial charge in [0.1, 0.15) is 5.56 Å². The molecule has 2 N–H and O–H groups in total. The first-order valence-corrected chi connectivity index (χ1v) is 7.34. The fourth-order valence-electron chi connectivity index (χ4n) is 1.93. The van der Waals surface area contributed by atoms with Crippen molar-refractivity contribution in [3.05, 3.63) is 64.7 Å².